The number of rotatable bonds is 2. The number of benzene rings is 1. The molecule has 1 N–H and O–H groups in total. The minimum atomic E-state index is -1.46. The average molecular weight is 484 g/mol. The van der Waals surface area contributed by atoms with Gasteiger partial charge in [0.25, 0.3) is 0 Å². The monoisotopic (exact) mass is 483 g/mol. The summed E-state index contributed by atoms with van der Waals surface area (Å²) in [6.07, 6.45) is 1.42. The lowest BCUT2D eigenvalue weighted by atomic mass is 9.75. The summed E-state index contributed by atoms with van der Waals surface area (Å²) in [6.45, 7) is 4.09. The number of methoxy groups -OCH3 is 1. The molecule has 8 nitrogen and oxygen atoms in total. The van der Waals surface area contributed by atoms with Gasteiger partial charge in [0.2, 0.25) is 17.7 Å². The number of esters is 1. The Hall–Kier alpha value is -3.11. The van der Waals surface area contributed by atoms with E-state index >= 15 is 0 Å². The number of hydrogen-bond acceptors (Lipinski definition) is 7. The number of aryl methyl sites for hydroxylation is 1. The molecule has 2 aromatic rings. The Labute approximate surface area is 198 Å². The van der Waals surface area contributed by atoms with Gasteiger partial charge in [0.1, 0.15) is 16.4 Å². The molecule has 1 spiro atoms. The van der Waals surface area contributed by atoms with Crippen molar-refractivity contribution < 1.29 is 28.3 Å². The lowest BCUT2D eigenvalue weighted by Gasteiger charge is -2.36. The molecule has 3 amide bonds. The van der Waals surface area contributed by atoms with Gasteiger partial charge in [0, 0.05) is 22.2 Å². The summed E-state index contributed by atoms with van der Waals surface area (Å²) < 4.78 is 19.3. The minimum absolute atomic E-state index is 0.186. The number of nitrogens with one attached hydrogen (secondary N) is 1. The van der Waals surface area contributed by atoms with E-state index in [0.29, 0.717) is 29.8 Å². The van der Waals surface area contributed by atoms with Gasteiger partial charge in [-0.3, -0.25) is 19.3 Å². The Morgan fingerprint density at radius 3 is 2.74 bits per heavy atom. The maximum atomic E-state index is 14.4. The quantitative estimate of drug-likeness (QED) is 0.521. The van der Waals surface area contributed by atoms with Crippen molar-refractivity contribution in [2.75, 3.05) is 23.9 Å². The highest BCUT2D eigenvalue weighted by molar-refractivity contribution is 7.17. The Morgan fingerprint density at radius 2 is 2.00 bits per heavy atom. The molecule has 0 unspecified atom stereocenters. The first-order valence-corrected chi connectivity index (χ1v) is 12.0. The molecule has 6 rings (SSSR count). The summed E-state index contributed by atoms with van der Waals surface area (Å²) in [5.74, 6) is -4.29. The van der Waals surface area contributed by atoms with Gasteiger partial charge in [-0.15, -0.1) is 11.3 Å². The van der Waals surface area contributed by atoms with Gasteiger partial charge in [-0.05, 0) is 57.0 Å². The van der Waals surface area contributed by atoms with Crippen molar-refractivity contribution in [1.82, 2.24) is 4.90 Å². The third-order valence-electron chi connectivity index (χ3n) is 7.91. The number of halogens is 1. The van der Waals surface area contributed by atoms with E-state index in [-0.39, 0.29) is 16.6 Å². The molecule has 10 heteroatoms. The van der Waals surface area contributed by atoms with Crippen LogP contribution in [0.15, 0.2) is 18.2 Å². The fourth-order valence-corrected chi connectivity index (χ4v) is 7.64. The van der Waals surface area contributed by atoms with Crippen LogP contribution in [0.3, 0.4) is 0 Å². The molecular formula is C24H22FN3O5S. The minimum Gasteiger partial charge on any atom is -0.465 e. The lowest BCUT2D eigenvalue weighted by Crippen LogP contribution is -2.54. The van der Waals surface area contributed by atoms with Crippen LogP contribution in [0, 0.1) is 31.5 Å². The first kappa shape index (κ1) is 21.4. The lowest BCUT2D eigenvalue weighted by molar-refractivity contribution is -0.135. The Balaban J connectivity index is 1.56. The molecule has 176 valence electrons. The van der Waals surface area contributed by atoms with E-state index in [0.717, 1.165) is 16.2 Å². The van der Waals surface area contributed by atoms with Crippen LogP contribution in [-0.2, 0) is 24.7 Å². The van der Waals surface area contributed by atoms with Gasteiger partial charge in [-0.1, -0.05) is 0 Å². The van der Waals surface area contributed by atoms with Gasteiger partial charge >= 0.3 is 5.97 Å². The van der Waals surface area contributed by atoms with Crippen molar-refractivity contribution in [2.24, 2.45) is 11.8 Å². The fraction of sp³-hybridized carbons (Fsp3) is 0.417. The number of hydrogen-bond donors (Lipinski definition) is 1. The first-order chi connectivity index (χ1) is 16.2. The highest BCUT2D eigenvalue weighted by Crippen LogP contribution is 2.61. The second-order valence-corrected chi connectivity index (χ2v) is 10.5. The average Bonchev–Trinajstić information content (AvgIpc) is 3.56. The van der Waals surface area contributed by atoms with Gasteiger partial charge < -0.3 is 10.1 Å². The molecule has 4 aliphatic heterocycles. The summed E-state index contributed by atoms with van der Waals surface area (Å²) in [4.78, 5) is 57.9. The molecule has 0 bridgehead atoms. The van der Waals surface area contributed by atoms with Crippen LogP contribution < -0.4 is 10.2 Å². The van der Waals surface area contributed by atoms with Gasteiger partial charge in [-0.25, -0.2) is 14.1 Å². The Morgan fingerprint density at radius 1 is 1.24 bits per heavy atom. The maximum absolute atomic E-state index is 14.4. The number of anilines is 2. The highest BCUT2D eigenvalue weighted by Gasteiger charge is 2.75. The molecule has 5 heterocycles. The van der Waals surface area contributed by atoms with Gasteiger partial charge in [0.05, 0.1) is 24.5 Å². The van der Waals surface area contributed by atoms with Crippen LogP contribution in [0.4, 0.5) is 15.1 Å². The van der Waals surface area contributed by atoms with E-state index in [1.165, 1.54) is 36.6 Å². The van der Waals surface area contributed by atoms with Crippen molar-refractivity contribution in [2.45, 2.75) is 38.3 Å². The van der Waals surface area contributed by atoms with E-state index in [4.69, 9.17) is 4.74 Å². The number of ether oxygens (including phenoxy) is 1. The smallest absolute Gasteiger partial charge is 0.341 e. The summed E-state index contributed by atoms with van der Waals surface area (Å²) in [5, 5.41) is 3.05. The molecule has 0 saturated carbocycles. The Bertz CT molecular complexity index is 1320. The molecule has 4 atom stereocenters. The molecule has 0 radical (unpaired) electrons. The number of carbonyl (C=O) groups excluding carboxylic acids is 4. The van der Waals surface area contributed by atoms with Gasteiger partial charge in [-0.2, -0.15) is 0 Å². The summed E-state index contributed by atoms with van der Waals surface area (Å²) in [7, 11) is 1.25. The van der Waals surface area contributed by atoms with Crippen LogP contribution in [-0.4, -0.2) is 48.3 Å². The fourth-order valence-electron chi connectivity index (χ4n) is 6.48. The van der Waals surface area contributed by atoms with Crippen LogP contribution in [0.5, 0.6) is 0 Å². The van der Waals surface area contributed by atoms with E-state index in [1.807, 2.05) is 11.8 Å². The number of nitrogens with zero attached hydrogens (tertiary/aromatic N) is 2. The van der Waals surface area contributed by atoms with E-state index in [1.54, 1.807) is 6.92 Å². The molecular weight excluding hydrogens is 461 g/mol. The van der Waals surface area contributed by atoms with E-state index < -0.39 is 46.9 Å². The number of amides is 3. The van der Waals surface area contributed by atoms with Crippen LogP contribution in [0.25, 0.3) is 0 Å². The topological polar surface area (TPSA) is 96.0 Å². The number of thiophene rings is 1. The predicted octanol–water partition coefficient (Wildman–Crippen LogP) is 2.72. The normalized spacial score (nSPS) is 29.6. The highest BCUT2D eigenvalue weighted by atomic mass is 32.1. The molecule has 1 aromatic heterocycles. The van der Waals surface area contributed by atoms with Crippen molar-refractivity contribution in [3.63, 3.8) is 0 Å². The zero-order chi connectivity index (χ0) is 24.1. The van der Waals surface area contributed by atoms with Crippen LogP contribution in [0.1, 0.15) is 39.2 Å². The molecule has 0 aliphatic carbocycles. The third kappa shape index (κ3) is 2.35. The van der Waals surface area contributed by atoms with E-state index in [2.05, 4.69) is 5.32 Å². The summed E-state index contributed by atoms with van der Waals surface area (Å²) in [5.41, 5.74) is 0.220. The zero-order valence-electron chi connectivity index (χ0n) is 18.8. The Kier molecular flexibility index (Phi) is 4.38. The van der Waals surface area contributed by atoms with Crippen molar-refractivity contribution in [3.05, 3.63) is 45.6 Å². The summed E-state index contributed by atoms with van der Waals surface area (Å²) >= 11 is 1.18. The van der Waals surface area contributed by atoms with Crippen molar-refractivity contribution in [1.29, 1.82) is 0 Å². The molecule has 34 heavy (non-hydrogen) atoms. The standard InChI is InChI=1S/C24H22FN3O5S/c1-10-11(2)34-21(16(10)22(31)33-3)28-19(29)17-15-5-4-8-27(15)24(18(17)20(28)30)13-9-12(25)6-7-14(13)26-23(24)32/h6-7,9,15,17-18H,4-5,8H2,1-3H3,(H,26,32)/t15-,17+,18-,24+/m0/s1. The SMILES string of the molecule is COC(=O)c1c(N2C(=O)[C@H]3[C@@H](C2=O)[C@]2(C(=O)Nc4ccc(F)cc42)N2CCC[C@@H]32)sc(C)c1C. The number of fused-ring (bicyclic) bond motifs is 7. The zero-order valence-corrected chi connectivity index (χ0v) is 19.6. The third-order valence-corrected chi connectivity index (χ3v) is 9.11. The summed E-state index contributed by atoms with van der Waals surface area (Å²) in [6, 6.07) is 3.73. The van der Waals surface area contributed by atoms with Crippen molar-refractivity contribution in [3.8, 4) is 0 Å². The first-order valence-electron chi connectivity index (χ1n) is 11.2. The number of carbonyl (C=O) groups is 4. The molecule has 1 aromatic carbocycles. The largest absolute Gasteiger partial charge is 0.465 e. The van der Waals surface area contributed by atoms with Crippen LogP contribution in [0.2, 0.25) is 0 Å². The predicted molar refractivity (Wildman–Crippen MR) is 121 cm³/mol. The second-order valence-electron chi connectivity index (χ2n) is 9.28. The number of imide groups is 1. The van der Waals surface area contributed by atoms with Gasteiger partial charge in [0.15, 0.2) is 0 Å². The molecule has 3 fully saturated rings. The maximum Gasteiger partial charge on any atom is 0.341 e. The second kappa shape index (κ2) is 6.96. The van der Waals surface area contributed by atoms with Crippen molar-refractivity contribution >= 4 is 45.7 Å². The molecule has 4 aliphatic rings. The van der Waals surface area contributed by atoms with E-state index in [9.17, 15) is 23.6 Å². The molecule has 3 saturated heterocycles. The van der Waals surface area contributed by atoms with Crippen LogP contribution >= 0.6 is 11.3 Å².